The molecule has 146 valence electrons. The van der Waals surface area contributed by atoms with Crippen LogP contribution in [0.3, 0.4) is 0 Å². The van der Waals surface area contributed by atoms with Crippen molar-refractivity contribution in [3.05, 3.63) is 59.5 Å². The van der Waals surface area contributed by atoms with Gasteiger partial charge in [-0.25, -0.2) is 13.4 Å². The summed E-state index contributed by atoms with van der Waals surface area (Å²) in [6.07, 6.45) is 1.05. The molecule has 0 aliphatic carbocycles. The molecule has 0 saturated heterocycles. The van der Waals surface area contributed by atoms with E-state index in [1.807, 2.05) is 0 Å². The van der Waals surface area contributed by atoms with Crippen molar-refractivity contribution in [2.24, 2.45) is 0 Å². The lowest BCUT2D eigenvalue weighted by Crippen LogP contribution is -2.12. The van der Waals surface area contributed by atoms with E-state index >= 15 is 0 Å². The Balaban J connectivity index is 1.82. The second-order valence-electron chi connectivity index (χ2n) is 5.67. The first-order valence-electron chi connectivity index (χ1n) is 7.85. The molecule has 0 spiro atoms. The van der Waals surface area contributed by atoms with Gasteiger partial charge in [-0.3, -0.25) is 10.1 Å². The number of amides is 1. The summed E-state index contributed by atoms with van der Waals surface area (Å²) in [6, 6.07) is 11.8. The Morgan fingerprint density at radius 2 is 1.93 bits per heavy atom. The van der Waals surface area contributed by atoms with Crippen LogP contribution < -0.4 is 10.1 Å². The average Bonchev–Trinajstić information content (AvgIpc) is 3.09. The lowest BCUT2D eigenvalue weighted by molar-refractivity contribution is -0.0494. The van der Waals surface area contributed by atoms with Gasteiger partial charge in [0.2, 0.25) is 0 Å². The third-order valence-electron chi connectivity index (χ3n) is 3.63. The number of alkyl halides is 2. The van der Waals surface area contributed by atoms with Crippen LogP contribution in [0.1, 0.15) is 10.4 Å². The maximum absolute atomic E-state index is 12.6. The number of thiazole rings is 1. The zero-order valence-electron chi connectivity index (χ0n) is 14.4. The molecule has 0 aliphatic rings. The Bertz CT molecular complexity index is 1110. The third kappa shape index (κ3) is 4.70. The lowest BCUT2D eigenvalue weighted by Gasteiger charge is -2.08. The van der Waals surface area contributed by atoms with Crippen LogP contribution in [0.2, 0.25) is 0 Å². The summed E-state index contributed by atoms with van der Waals surface area (Å²) in [5.74, 6) is -0.565. The highest BCUT2D eigenvalue weighted by molar-refractivity contribution is 7.90. The molecule has 3 aromatic rings. The molecular weight excluding hydrogens is 410 g/mol. The Morgan fingerprint density at radius 1 is 1.18 bits per heavy atom. The molecule has 1 N–H and O–H groups in total. The molecule has 1 amide bonds. The molecule has 6 nitrogen and oxygen atoms in total. The number of benzene rings is 2. The topological polar surface area (TPSA) is 85.4 Å². The molecule has 0 radical (unpaired) electrons. The summed E-state index contributed by atoms with van der Waals surface area (Å²) in [4.78, 5) is 16.6. The number of carbonyl (C=O) groups excluding carboxylic acids is 1. The Morgan fingerprint density at radius 3 is 2.64 bits per heavy atom. The monoisotopic (exact) mass is 424 g/mol. The number of nitrogens with one attached hydrogen (secondary N) is 1. The van der Waals surface area contributed by atoms with Crippen LogP contribution in [0.15, 0.2) is 58.8 Å². The van der Waals surface area contributed by atoms with Crippen LogP contribution in [-0.2, 0) is 9.84 Å². The quantitative estimate of drug-likeness (QED) is 0.645. The smallest absolute Gasteiger partial charge is 0.387 e. The molecule has 2 aromatic carbocycles. The van der Waals surface area contributed by atoms with E-state index in [1.54, 1.807) is 23.6 Å². The van der Waals surface area contributed by atoms with Gasteiger partial charge in [-0.15, -0.1) is 11.3 Å². The molecular formula is C18H14F2N2O4S2. The highest BCUT2D eigenvalue weighted by Crippen LogP contribution is 2.33. The molecule has 28 heavy (non-hydrogen) atoms. The van der Waals surface area contributed by atoms with Crippen molar-refractivity contribution in [1.82, 2.24) is 4.98 Å². The second-order valence-corrected chi connectivity index (χ2v) is 8.54. The second kappa shape index (κ2) is 8.03. The van der Waals surface area contributed by atoms with Crippen molar-refractivity contribution >= 4 is 32.2 Å². The number of nitrogens with zero attached hydrogens (tertiary/aromatic N) is 1. The number of sulfone groups is 1. The number of para-hydroxylation sites is 1. The number of halogens is 2. The van der Waals surface area contributed by atoms with Gasteiger partial charge >= 0.3 is 6.61 Å². The van der Waals surface area contributed by atoms with E-state index in [0.29, 0.717) is 11.3 Å². The van der Waals surface area contributed by atoms with Crippen molar-refractivity contribution < 1.29 is 26.7 Å². The lowest BCUT2D eigenvalue weighted by atomic mass is 10.1. The zero-order valence-corrected chi connectivity index (χ0v) is 16.1. The predicted octanol–water partition coefficient (Wildman–Crippen LogP) is 4.07. The van der Waals surface area contributed by atoms with Gasteiger partial charge in [0.25, 0.3) is 5.91 Å². The minimum absolute atomic E-state index is 0.0260. The fourth-order valence-electron chi connectivity index (χ4n) is 2.37. The van der Waals surface area contributed by atoms with Crippen LogP contribution in [0.4, 0.5) is 13.9 Å². The normalized spacial score (nSPS) is 11.4. The van der Waals surface area contributed by atoms with Gasteiger partial charge in [0.1, 0.15) is 5.75 Å². The molecule has 0 atom stereocenters. The first kappa shape index (κ1) is 19.9. The van der Waals surface area contributed by atoms with Gasteiger partial charge in [0.05, 0.1) is 10.6 Å². The molecule has 0 bridgehead atoms. The number of rotatable bonds is 6. The van der Waals surface area contributed by atoms with Crippen molar-refractivity contribution in [2.75, 3.05) is 11.6 Å². The van der Waals surface area contributed by atoms with Crippen molar-refractivity contribution in [3.63, 3.8) is 0 Å². The predicted molar refractivity (Wildman–Crippen MR) is 102 cm³/mol. The van der Waals surface area contributed by atoms with E-state index in [4.69, 9.17) is 0 Å². The zero-order chi connectivity index (χ0) is 20.3. The fourth-order valence-corrected chi connectivity index (χ4v) is 3.74. The maximum Gasteiger partial charge on any atom is 0.387 e. The van der Waals surface area contributed by atoms with Gasteiger partial charge in [-0.2, -0.15) is 8.78 Å². The summed E-state index contributed by atoms with van der Waals surface area (Å²) >= 11 is 1.10. The van der Waals surface area contributed by atoms with E-state index in [2.05, 4.69) is 15.0 Å². The number of hydrogen-bond acceptors (Lipinski definition) is 6. The van der Waals surface area contributed by atoms with Crippen molar-refractivity contribution in [3.8, 4) is 17.0 Å². The Hall–Kier alpha value is -2.85. The van der Waals surface area contributed by atoms with E-state index < -0.39 is 22.4 Å². The van der Waals surface area contributed by atoms with Crippen LogP contribution >= 0.6 is 11.3 Å². The van der Waals surface area contributed by atoms with Crippen LogP contribution in [0.25, 0.3) is 11.3 Å². The molecule has 0 aliphatic heterocycles. The fraction of sp³-hybridized carbons (Fsp3) is 0.111. The largest absolute Gasteiger partial charge is 0.434 e. The number of ether oxygens (including phenoxy) is 1. The standard InChI is InChI=1S/C18H14F2N2O4S2/c1-28(24,25)12-6-4-5-11(9-12)16(23)22-18-21-14(10-27-18)13-7-2-3-8-15(13)26-17(19)20/h2-10,17H,1H3,(H,21,22,23). The Kier molecular flexibility index (Phi) is 5.71. The van der Waals surface area contributed by atoms with Gasteiger partial charge in [0.15, 0.2) is 15.0 Å². The summed E-state index contributed by atoms with van der Waals surface area (Å²) in [5.41, 5.74) is 0.876. The first-order chi connectivity index (χ1) is 13.2. The highest BCUT2D eigenvalue weighted by atomic mass is 32.2. The van der Waals surface area contributed by atoms with E-state index in [9.17, 15) is 22.0 Å². The van der Waals surface area contributed by atoms with Gasteiger partial charge < -0.3 is 4.74 Å². The third-order valence-corrected chi connectivity index (χ3v) is 5.50. The van der Waals surface area contributed by atoms with Gasteiger partial charge in [0, 0.05) is 22.8 Å². The SMILES string of the molecule is CS(=O)(=O)c1cccc(C(=O)Nc2nc(-c3ccccc3OC(F)F)cs2)c1. The first-order valence-corrected chi connectivity index (χ1v) is 10.6. The van der Waals surface area contributed by atoms with E-state index in [1.165, 1.54) is 30.3 Å². The summed E-state index contributed by atoms with van der Waals surface area (Å²) in [7, 11) is -3.45. The average molecular weight is 424 g/mol. The van der Waals surface area contributed by atoms with Crippen molar-refractivity contribution in [2.45, 2.75) is 11.5 Å². The Labute approximate surface area is 163 Å². The highest BCUT2D eigenvalue weighted by Gasteiger charge is 2.16. The van der Waals surface area contributed by atoms with Crippen LogP contribution in [0, 0.1) is 0 Å². The molecule has 1 heterocycles. The summed E-state index contributed by atoms with van der Waals surface area (Å²) in [5, 5.41) is 4.40. The number of carbonyl (C=O) groups is 1. The van der Waals surface area contributed by atoms with E-state index in [-0.39, 0.29) is 21.3 Å². The molecule has 3 rings (SSSR count). The molecule has 0 fully saturated rings. The molecule has 0 unspecified atom stereocenters. The maximum atomic E-state index is 12.6. The minimum Gasteiger partial charge on any atom is -0.434 e. The van der Waals surface area contributed by atoms with Gasteiger partial charge in [-0.05, 0) is 30.3 Å². The van der Waals surface area contributed by atoms with E-state index in [0.717, 1.165) is 17.6 Å². The number of anilines is 1. The molecule has 10 heteroatoms. The summed E-state index contributed by atoms with van der Waals surface area (Å²) in [6.45, 7) is -2.97. The van der Waals surface area contributed by atoms with Crippen LogP contribution in [-0.4, -0.2) is 32.2 Å². The van der Waals surface area contributed by atoms with Gasteiger partial charge in [-0.1, -0.05) is 18.2 Å². The van der Waals surface area contributed by atoms with Crippen LogP contribution in [0.5, 0.6) is 5.75 Å². The minimum atomic E-state index is -3.45. The summed E-state index contributed by atoms with van der Waals surface area (Å²) < 4.78 is 52.9. The number of aromatic nitrogens is 1. The number of hydrogen-bond donors (Lipinski definition) is 1. The molecule has 0 saturated carbocycles. The van der Waals surface area contributed by atoms with Crippen molar-refractivity contribution in [1.29, 1.82) is 0 Å². The molecule has 1 aromatic heterocycles.